The van der Waals surface area contributed by atoms with Gasteiger partial charge in [0, 0.05) is 17.8 Å². The summed E-state index contributed by atoms with van der Waals surface area (Å²) in [6.07, 6.45) is 0.554. The number of halogens is 2. The number of urea groups is 1. The molecule has 0 aliphatic heterocycles. The standard InChI is InChI=1S/C22H19F2N3O2S/c23-17-6-4-15(5-7-17)12-13-25-22(29)27(30)20-10-8-19(9-11-20)26-21(28)16-2-1-3-18(24)14-16/h1-11,14,30H,12-13H2,(H,25,29)(H,26,28). The van der Waals surface area contributed by atoms with Gasteiger partial charge in [0.15, 0.2) is 0 Å². The Bertz CT molecular complexity index is 1030. The summed E-state index contributed by atoms with van der Waals surface area (Å²) in [6.45, 7) is 0.364. The van der Waals surface area contributed by atoms with Gasteiger partial charge < -0.3 is 10.6 Å². The van der Waals surface area contributed by atoms with E-state index in [1.54, 1.807) is 36.4 Å². The fraction of sp³-hybridized carbons (Fsp3) is 0.0909. The van der Waals surface area contributed by atoms with Crippen LogP contribution in [0.2, 0.25) is 0 Å². The molecule has 0 unspecified atom stereocenters. The molecule has 0 atom stereocenters. The van der Waals surface area contributed by atoms with Crippen LogP contribution in [0, 0.1) is 11.6 Å². The number of benzene rings is 3. The number of hydrogen-bond acceptors (Lipinski definition) is 3. The third kappa shape index (κ3) is 5.81. The second kappa shape index (κ2) is 9.89. The maximum absolute atomic E-state index is 13.2. The van der Waals surface area contributed by atoms with Crippen molar-refractivity contribution in [2.75, 3.05) is 16.2 Å². The van der Waals surface area contributed by atoms with E-state index in [0.29, 0.717) is 24.3 Å². The first-order valence-corrected chi connectivity index (χ1v) is 9.50. The molecule has 2 N–H and O–H groups in total. The summed E-state index contributed by atoms with van der Waals surface area (Å²) in [5.41, 5.74) is 2.10. The van der Waals surface area contributed by atoms with Gasteiger partial charge in [0.2, 0.25) is 0 Å². The topological polar surface area (TPSA) is 61.4 Å². The second-order valence-electron chi connectivity index (χ2n) is 6.43. The van der Waals surface area contributed by atoms with Crippen LogP contribution in [0.4, 0.5) is 25.0 Å². The Kier molecular flexibility index (Phi) is 7.03. The molecule has 0 aliphatic rings. The van der Waals surface area contributed by atoms with Crippen LogP contribution >= 0.6 is 12.8 Å². The molecule has 0 saturated heterocycles. The molecule has 3 aromatic rings. The van der Waals surface area contributed by atoms with Crippen LogP contribution in [-0.4, -0.2) is 18.5 Å². The number of nitrogens with zero attached hydrogens (tertiary/aromatic N) is 1. The molecule has 154 valence electrons. The van der Waals surface area contributed by atoms with Crippen molar-refractivity contribution in [2.24, 2.45) is 0 Å². The quantitative estimate of drug-likeness (QED) is 0.494. The number of rotatable bonds is 6. The molecule has 0 aliphatic carbocycles. The number of carbonyl (C=O) groups excluding carboxylic acids is 2. The van der Waals surface area contributed by atoms with Crippen molar-refractivity contribution in [1.82, 2.24) is 5.32 Å². The predicted molar refractivity (Wildman–Crippen MR) is 116 cm³/mol. The van der Waals surface area contributed by atoms with Crippen LogP contribution in [0.5, 0.6) is 0 Å². The van der Waals surface area contributed by atoms with E-state index < -0.39 is 17.8 Å². The first kappa shape index (κ1) is 21.3. The van der Waals surface area contributed by atoms with Crippen molar-refractivity contribution in [3.63, 3.8) is 0 Å². The van der Waals surface area contributed by atoms with Crippen LogP contribution in [0.3, 0.4) is 0 Å². The molecular weight excluding hydrogens is 408 g/mol. The van der Waals surface area contributed by atoms with Crippen molar-refractivity contribution >= 4 is 36.1 Å². The SMILES string of the molecule is O=C(Nc1ccc(N(S)C(=O)NCCc2ccc(F)cc2)cc1)c1cccc(F)c1. The lowest BCUT2D eigenvalue weighted by Gasteiger charge is -2.17. The van der Waals surface area contributed by atoms with Crippen LogP contribution in [0.1, 0.15) is 15.9 Å². The van der Waals surface area contributed by atoms with E-state index in [-0.39, 0.29) is 11.4 Å². The highest BCUT2D eigenvalue weighted by atomic mass is 32.1. The first-order chi connectivity index (χ1) is 14.4. The van der Waals surface area contributed by atoms with Gasteiger partial charge in [-0.05, 0) is 66.6 Å². The summed E-state index contributed by atoms with van der Waals surface area (Å²) in [6, 6.07) is 17.5. The molecule has 3 aromatic carbocycles. The minimum atomic E-state index is -0.492. The van der Waals surface area contributed by atoms with Gasteiger partial charge in [-0.1, -0.05) is 31.0 Å². The number of hydrogen-bond donors (Lipinski definition) is 3. The van der Waals surface area contributed by atoms with E-state index in [2.05, 4.69) is 23.4 Å². The molecule has 3 amide bonds. The molecule has 3 rings (SSSR count). The highest BCUT2D eigenvalue weighted by molar-refractivity contribution is 7.82. The maximum atomic E-state index is 13.2. The molecule has 0 heterocycles. The highest BCUT2D eigenvalue weighted by Gasteiger charge is 2.12. The van der Waals surface area contributed by atoms with Crippen molar-refractivity contribution in [3.8, 4) is 0 Å². The van der Waals surface area contributed by atoms with Gasteiger partial charge in [-0.2, -0.15) is 0 Å². The number of nitrogens with one attached hydrogen (secondary N) is 2. The number of amides is 3. The van der Waals surface area contributed by atoms with Gasteiger partial charge in [0.25, 0.3) is 5.91 Å². The molecule has 5 nitrogen and oxygen atoms in total. The molecule has 0 fully saturated rings. The van der Waals surface area contributed by atoms with Crippen LogP contribution < -0.4 is 14.9 Å². The third-order valence-electron chi connectivity index (χ3n) is 4.25. The van der Waals surface area contributed by atoms with Crippen molar-refractivity contribution in [2.45, 2.75) is 6.42 Å². The summed E-state index contributed by atoms with van der Waals surface area (Å²) in [5.74, 6) is -1.24. The summed E-state index contributed by atoms with van der Waals surface area (Å²) in [7, 11) is 0. The Morgan fingerprint density at radius 1 is 0.900 bits per heavy atom. The van der Waals surface area contributed by atoms with Crippen molar-refractivity contribution in [3.05, 3.63) is 95.6 Å². The Balaban J connectivity index is 1.52. The zero-order valence-corrected chi connectivity index (χ0v) is 16.7. The predicted octanol–water partition coefficient (Wildman–Crippen LogP) is 4.82. The minimum Gasteiger partial charge on any atom is -0.337 e. The van der Waals surface area contributed by atoms with Gasteiger partial charge in [-0.15, -0.1) is 0 Å². The Labute approximate surface area is 178 Å². The summed E-state index contributed by atoms with van der Waals surface area (Å²) in [5, 5.41) is 5.39. The smallest absolute Gasteiger partial charge is 0.331 e. The average Bonchev–Trinajstić information content (AvgIpc) is 2.75. The first-order valence-electron chi connectivity index (χ1n) is 9.10. The van der Waals surface area contributed by atoms with Crippen LogP contribution in [0.25, 0.3) is 0 Å². The Morgan fingerprint density at radius 2 is 1.60 bits per heavy atom. The third-order valence-corrected chi connectivity index (χ3v) is 4.66. The molecule has 8 heteroatoms. The highest BCUT2D eigenvalue weighted by Crippen LogP contribution is 2.20. The monoisotopic (exact) mass is 427 g/mol. The van der Waals surface area contributed by atoms with E-state index in [4.69, 9.17) is 0 Å². The Morgan fingerprint density at radius 3 is 2.27 bits per heavy atom. The van der Waals surface area contributed by atoms with E-state index in [0.717, 1.165) is 15.9 Å². The molecule has 0 spiro atoms. The minimum absolute atomic E-state index is 0.204. The van der Waals surface area contributed by atoms with Crippen molar-refractivity contribution < 1.29 is 18.4 Å². The van der Waals surface area contributed by atoms with Crippen molar-refractivity contribution in [1.29, 1.82) is 0 Å². The summed E-state index contributed by atoms with van der Waals surface area (Å²) < 4.78 is 27.3. The Hall–Kier alpha value is -3.39. The van der Waals surface area contributed by atoms with Gasteiger partial charge in [0.05, 0.1) is 5.69 Å². The lowest BCUT2D eigenvalue weighted by molar-refractivity contribution is 0.102. The van der Waals surface area contributed by atoms with Crippen LogP contribution in [-0.2, 0) is 6.42 Å². The molecule has 0 radical (unpaired) electrons. The number of anilines is 2. The van der Waals surface area contributed by atoms with Gasteiger partial charge in [-0.3, -0.25) is 4.79 Å². The largest absolute Gasteiger partial charge is 0.337 e. The molecule has 0 aromatic heterocycles. The van der Waals surface area contributed by atoms with E-state index >= 15 is 0 Å². The fourth-order valence-corrected chi connectivity index (χ4v) is 2.88. The summed E-state index contributed by atoms with van der Waals surface area (Å²) in [4.78, 5) is 24.4. The maximum Gasteiger partial charge on any atom is 0.331 e. The summed E-state index contributed by atoms with van der Waals surface area (Å²) >= 11 is 4.20. The number of thiol groups is 1. The van der Waals surface area contributed by atoms with E-state index in [9.17, 15) is 18.4 Å². The second-order valence-corrected chi connectivity index (χ2v) is 6.83. The molecule has 0 saturated carbocycles. The molecule has 30 heavy (non-hydrogen) atoms. The van der Waals surface area contributed by atoms with Gasteiger partial charge in [-0.25, -0.2) is 17.9 Å². The lowest BCUT2D eigenvalue weighted by Crippen LogP contribution is -2.35. The molecule has 0 bridgehead atoms. The van der Waals surface area contributed by atoms with Gasteiger partial charge >= 0.3 is 6.03 Å². The average molecular weight is 427 g/mol. The normalized spacial score (nSPS) is 10.4. The van der Waals surface area contributed by atoms with Crippen LogP contribution in [0.15, 0.2) is 72.8 Å². The zero-order valence-electron chi connectivity index (χ0n) is 15.8. The lowest BCUT2D eigenvalue weighted by atomic mass is 10.1. The zero-order chi connectivity index (χ0) is 21.5. The van der Waals surface area contributed by atoms with E-state index in [1.807, 2.05) is 0 Å². The fourth-order valence-electron chi connectivity index (χ4n) is 2.68. The van der Waals surface area contributed by atoms with E-state index in [1.165, 1.54) is 30.3 Å². The van der Waals surface area contributed by atoms with Gasteiger partial charge in [0.1, 0.15) is 11.6 Å². The molecular formula is C22H19F2N3O2S. The number of carbonyl (C=O) groups is 2.